The predicted molar refractivity (Wildman–Crippen MR) is 81.0 cm³/mol. The summed E-state index contributed by atoms with van der Waals surface area (Å²) in [7, 11) is 0. The molecule has 3 heteroatoms. The Labute approximate surface area is 119 Å². The summed E-state index contributed by atoms with van der Waals surface area (Å²) >= 11 is 0. The molecule has 0 saturated heterocycles. The SMILES string of the molecule is CC(C)c1nc(-c2ccccc2C2CCC2)cc(=O)[nH]1. The normalized spacial score (nSPS) is 15.3. The van der Waals surface area contributed by atoms with Crippen molar-refractivity contribution in [1.29, 1.82) is 0 Å². The van der Waals surface area contributed by atoms with Gasteiger partial charge < -0.3 is 4.98 Å². The second kappa shape index (κ2) is 5.23. The zero-order valence-corrected chi connectivity index (χ0v) is 12.0. The largest absolute Gasteiger partial charge is 0.310 e. The molecule has 1 N–H and O–H groups in total. The zero-order chi connectivity index (χ0) is 14.1. The van der Waals surface area contributed by atoms with Gasteiger partial charge in [0.25, 0.3) is 5.56 Å². The van der Waals surface area contributed by atoms with E-state index in [4.69, 9.17) is 0 Å². The molecule has 1 aliphatic carbocycles. The Balaban J connectivity index is 2.11. The lowest BCUT2D eigenvalue weighted by Crippen LogP contribution is -2.14. The Morgan fingerprint density at radius 1 is 1.25 bits per heavy atom. The molecule has 1 heterocycles. The number of hydrogen-bond acceptors (Lipinski definition) is 2. The fraction of sp³-hybridized carbons (Fsp3) is 0.412. The highest BCUT2D eigenvalue weighted by molar-refractivity contribution is 5.64. The van der Waals surface area contributed by atoms with Gasteiger partial charge in [0.05, 0.1) is 5.69 Å². The van der Waals surface area contributed by atoms with Crippen LogP contribution in [0.4, 0.5) is 0 Å². The molecule has 1 fully saturated rings. The second-order valence-corrected chi connectivity index (χ2v) is 5.89. The quantitative estimate of drug-likeness (QED) is 0.919. The zero-order valence-electron chi connectivity index (χ0n) is 12.0. The Bertz CT molecular complexity index is 669. The number of H-pyrrole nitrogens is 1. The number of benzene rings is 1. The van der Waals surface area contributed by atoms with Crippen molar-refractivity contribution in [3.05, 3.63) is 52.1 Å². The van der Waals surface area contributed by atoms with Crippen molar-refractivity contribution in [1.82, 2.24) is 9.97 Å². The smallest absolute Gasteiger partial charge is 0.251 e. The monoisotopic (exact) mass is 268 g/mol. The summed E-state index contributed by atoms with van der Waals surface area (Å²) in [6.45, 7) is 4.08. The predicted octanol–water partition coefficient (Wildman–Crippen LogP) is 3.83. The number of hydrogen-bond donors (Lipinski definition) is 1. The van der Waals surface area contributed by atoms with Crippen molar-refractivity contribution in [2.24, 2.45) is 0 Å². The van der Waals surface area contributed by atoms with Crippen LogP contribution in [0.15, 0.2) is 35.1 Å². The average Bonchev–Trinajstić information content (AvgIpc) is 2.36. The summed E-state index contributed by atoms with van der Waals surface area (Å²) in [6, 6.07) is 9.98. The van der Waals surface area contributed by atoms with Gasteiger partial charge >= 0.3 is 0 Å². The van der Waals surface area contributed by atoms with Gasteiger partial charge in [-0.05, 0) is 24.3 Å². The first-order valence-corrected chi connectivity index (χ1v) is 7.35. The maximum Gasteiger partial charge on any atom is 0.251 e. The van der Waals surface area contributed by atoms with Crippen LogP contribution in [0.3, 0.4) is 0 Å². The fourth-order valence-corrected chi connectivity index (χ4v) is 2.69. The Hall–Kier alpha value is -1.90. The summed E-state index contributed by atoms with van der Waals surface area (Å²) in [5.41, 5.74) is 3.19. The van der Waals surface area contributed by atoms with Crippen molar-refractivity contribution in [3.8, 4) is 11.3 Å². The molecule has 0 bridgehead atoms. The van der Waals surface area contributed by atoms with Gasteiger partial charge in [0.15, 0.2) is 0 Å². The number of aromatic nitrogens is 2. The molecule has 2 aromatic rings. The van der Waals surface area contributed by atoms with Gasteiger partial charge in [0.1, 0.15) is 5.82 Å². The van der Waals surface area contributed by atoms with Crippen LogP contribution in [0, 0.1) is 0 Å². The molecule has 0 unspecified atom stereocenters. The van der Waals surface area contributed by atoms with Crippen LogP contribution in [0.2, 0.25) is 0 Å². The van der Waals surface area contributed by atoms with E-state index in [1.165, 1.54) is 24.8 Å². The van der Waals surface area contributed by atoms with E-state index in [1.54, 1.807) is 6.07 Å². The van der Waals surface area contributed by atoms with Crippen molar-refractivity contribution in [2.45, 2.75) is 44.9 Å². The van der Waals surface area contributed by atoms with E-state index in [0.717, 1.165) is 17.1 Å². The van der Waals surface area contributed by atoms with E-state index in [2.05, 4.69) is 28.2 Å². The van der Waals surface area contributed by atoms with E-state index in [0.29, 0.717) is 5.92 Å². The van der Waals surface area contributed by atoms with E-state index in [9.17, 15) is 4.79 Å². The van der Waals surface area contributed by atoms with Crippen molar-refractivity contribution in [2.75, 3.05) is 0 Å². The third-order valence-electron chi connectivity index (χ3n) is 4.09. The molecule has 0 amide bonds. The van der Waals surface area contributed by atoms with Crippen LogP contribution in [0.25, 0.3) is 11.3 Å². The van der Waals surface area contributed by atoms with Gasteiger partial charge in [0.2, 0.25) is 0 Å². The lowest BCUT2D eigenvalue weighted by atomic mass is 9.78. The Kier molecular flexibility index (Phi) is 3.43. The van der Waals surface area contributed by atoms with Crippen LogP contribution >= 0.6 is 0 Å². The maximum atomic E-state index is 11.9. The molecule has 0 spiro atoms. The van der Waals surface area contributed by atoms with Gasteiger partial charge in [-0.25, -0.2) is 4.98 Å². The molecule has 0 radical (unpaired) electrons. The summed E-state index contributed by atoms with van der Waals surface area (Å²) in [5.74, 6) is 1.62. The Morgan fingerprint density at radius 3 is 2.65 bits per heavy atom. The topological polar surface area (TPSA) is 45.8 Å². The summed E-state index contributed by atoms with van der Waals surface area (Å²) < 4.78 is 0. The molecular weight excluding hydrogens is 248 g/mol. The standard InChI is InChI=1S/C17H20N2O/c1-11(2)17-18-15(10-16(20)19-17)14-9-4-3-8-13(14)12-6-5-7-12/h3-4,8-12H,5-7H2,1-2H3,(H,18,19,20). The minimum Gasteiger partial charge on any atom is -0.310 e. The summed E-state index contributed by atoms with van der Waals surface area (Å²) in [6.07, 6.45) is 3.80. The summed E-state index contributed by atoms with van der Waals surface area (Å²) in [5, 5.41) is 0. The molecule has 1 saturated carbocycles. The minimum atomic E-state index is -0.0675. The summed E-state index contributed by atoms with van der Waals surface area (Å²) in [4.78, 5) is 19.3. The van der Waals surface area contributed by atoms with Gasteiger partial charge in [-0.15, -0.1) is 0 Å². The Morgan fingerprint density at radius 2 is 2.00 bits per heavy atom. The molecule has 20 heavy (non-hydrogen) atoms. The fourth-order valence-electron chi connectivity index (χ4n) is 2.69. The van der Waals surface area contributed by atoms with Crippen LogP contribution < -0.4 is 5.56 Å². The van der Waals surface area contributed by atoms with E-state index in [-0.39, 0.29) is 11.5 Å². The molecule has 3 nitrogen and oxygen atoms in total. The van der Waals surface area contributed by atoms with E-state index >= 15 is 0 Å². The highest BCUT2D eigenvalue weighted by Crippen LogP contribution is 2.40. The number of aromatic amines is 1. The van der Waals surface area contributed by atoms with Crippen LogP contribution in [0.5, 0.6) is 0 Å². The number of nitrogens with one attached hydrogen (secondary N) is 1. The molecule has 1 aromatic carbocycles. The number of nitrogens with zero attached hydrogens (tertiary/aromatic N) is 1. The first-order valence-electron chi connectivity index (χ1n) is 7.35. The highest BCUT2D eigenvalue weighted by atomic mass is 16.1. The van der Waals surface area contributed by atoms with Crippen molar-refractivity contribution >= 4 is 0 Å². The van der Waals surface area contributed by atoms with Crippen LogP contribution in [-0.4, -0.2) is 9.97 Å². The van der Waals surface area contributed by atoms with Gasteiger partial charge in [-0.3, -0.25) is 4.79 Å². The van der Waals surface area contributed by atoms with Crippen molar-refractivity contribution < 1.29 is 0 Å². The lowest BCUT2D eigenvalue weighted by molar-refractivity contribution is 0.420. The van der Waals surface area contributed by atoms with Crippen molar-refractivity contribution in [3.63, 3.8) is 0 Å². The van der Waals surface area contributed by atoms with Gasteiger partial charge in [-0.1, -0.05) is 44.5 Å². The molecule has 104 valence electrons. The highest BCUT2D eigenvalue weighted by Gasteiger charge is 2.23. The molecule has 1 aliphatic rings. The van der Waals surface area contributed by atoms with Gasteiger partial charge in [0, 0.05) is 17.5 Å². The number of rotatable bonds is 3. The average molecular weight is 268 g/mol. The van der Waals surface area contributed by atoms with Gasteiger partial charge in [-0.2, -0.15) is 0 Å². The minimum absolute atomic E-state index is 0.0675. The third kappa shape index (κ3) is 2.40. The maximum absolute atomic E-state index is 11.9. The molecule has 3 rings (SSSR count). The van der Waals surface area contributed by atoms with Crippen LogP contribution in [-0.2, 0) is 0 Å². The second-order valence-electron chi connectivity index (χ2n) is 5.89. The molecular formula is C17H20N2O. The van der Waals surface area contributed by atoms with E-state index < -0.39 is 0 Å². The first kappa shape index (κ1) is 13.1. The lowest BCUT2D eigenvalue weighted by Gasteiger charge is -2.27. The third-order valence-corrected chi connectivity index (χ3v) is 4.09. The van der Waals surface area contributed by atoms with Crippen LogP contribution in [0.1, 0.15) is 56.3 Å². The molecule has 1 aromatic heterocycles. The first-order chi connectivity index (χ1) is 9.65. The van der Waals surface area contributed by atoms with E-state index in [1.807, 2.05) is 19.9 Å². The molecule has 0 atom stereocenters. The molecule has 0 aliphatic heterocycles.